The van der Waals surface area contributed by atoms with E-state index in [4.69, 9.17) is 4.84 Å². The fraction of sp³-hybridized carbons (Fsp3) is 0.167. The maximum atomic E-state index is 13.5. The summed E-state index contributed by atoms with van der Waals surface area (Å²) in [6, 6.07) is 22.0. The van der Waals surface area contributed by atoms with Crippen molar-refractivity contribution in [3.8, 4) is 0 Å². The number of amides is 2. The summed E-state index contributed by atoms with van der Waals surface area (Å²) in [5.41, 5.74) is 3.00. The molecule has 0 spiro atoms. The van der Waals surface area contributed by atoms with Crippen LogP contribution in [0.25, 0.3) is 0 Å². The maximum absolute atomic E-state index is 13.5. The zero-order valence-corrected chi connectivity index (χ0v) is 16.2. The van der Waals surface area contributed by atoms with E-state index in [9.17, 15) is 14.0 Å². The molecule has 6 heteroatoms. The van der Waals surface area contributed by atoms with Gasteiger partial charge in [0.25, 0.3) is 5.91 Å². The third-order valence-electron chi connectivity index (χ3n) is 5.63. The van der Waals surface area contributed by atoms with Gasteiger partial charge in [0.1, 0.15) is 11.7 Å². The largest absolute Gasteiger partial charge is 0.273 e. The Kier molecular flexibility index (Phi) is 4.37. The molecule has 0 bridgehead atoms. The molecule has 0 saturated carbocycles. The summed E-state index contributed by atoms with van der Waals surface area (Å²) in [6.07, 6.45) is -0.936. The highest BCUT2D eigenvalue weighted by Gasteiger charge is 2.60. The number of anilines is 2. The molecule has 5 rings (SSSR count). The number of benzene rings is 3. The van der Waals surface area contributed by atoms with Crippen molar-refractivity contribution in [2.75, 3.05) is 9.96 Å². The average Bonchev–Trinajstić information content (AvgIpc) is 3.27. The molecule has 0 aliphatic carbocycles. The van der Waals surface area contributed by atoms with E-state index in [1.165, 1.54) is 17.0 Å². The number of para-hydroxylation sites is 1. The highest BCUT2D eigenvalue weighted by Crippen LogP contribution is 2.47. The molecule has 0 N–H and O–H groups in total. The molecule has 2 aliphatic heterocycles. The monoisotopic (exact) mass is 402 g/mol. The van der Waals surface area contributed by atoms with Crippen molar-refractivity contribution in [3.05, 3.63) is 95.8 Å². The van der Waals surface area contributed by atoms with E-state index in [0.717, 1.165) is 11.3 Å². The SMILES string of the molecule is Cc1ccc(N2C(=O)C3ON(c4ccccc4)C(c4ccc(F)cc4)C3C2=O)cc1. The van der Waals surface area contributed by atoms with Crippen LogP contribution in [0.3, 0.4) is 0 Å². The van der Waals surface area contributed by atoms with E-state index >= 15 is 0 Å². The average molecular weight is 402 g/mol. The number of hydroxylamine groups is 1. The van der Waals surface area contributed by atoms with Crippen LogP contribution >= 0.6 is 0 Å². The van der Waals surface area contributed by atoms with Crippen molar-refractivity contribution in [3.63, 3.8) is 0 Å². The van der Waals surface area contributed by atoms with Crippen LogP contribution < -0.4 is 9.96 Å². The van der Waals surface area contributed by atoms with Crippen molar-refractivity contribution >= 4 is 23.2 Å². The molecule has 3 aromatic rings. The number of hydrogen-bond donors (Lipinski definition) is 0. The first-order valence-electron chi connectivity index (χ1n) is 9.75. The lowest BCUT2D eigenvalue weighted by atomic mass is 9.90. The Morgan fingerprint density at radius 1 is 0.800 bits per heavy atom. The molecular formula is C24H19FN2O3. The Balaban J connectivity index is 1.58. The summed E-state index contributed by atoms with van der Waals surface area (Å²) in [6.45, 7) is 1.94. The molecular weight excluding hydrogens is 383 g/mol. The second-order valence-electron chi connectivity index (χ2n) is 7.56. The fourth-order valence-corrected chi connectivity index (χ4v) is 4.16. The molecule has 2 saturated heterocycles. The number of carbonyl (C=O) groups is 2. The summed E-state index contributed by atoms with van der Waals surface area (Å²) in [7, 11) is 0. The molecule has 2 fully saturated rings. The van der Waals surface area contributed by atoms with E-state index in [-0.39, 0.29) is 17.6 Å². The lowest BCUT2D eigenvalue weighted by Crippen LogP contribution is -2.37. The highest BCUT2D eigenvalue weighted by molar-refractivity contribution is 6.23. The second-order valence-corrected chi connectivity index (χ2v) is 7.56. The number of carbonyl (C=O) groups excluding carboxylic acids is 2. The van der Waals surface area contributed by atoms with E-state index in [1.54, 1.807) is 29.3 Å². The van der Waals surface area contributed by atoms with Crippen LogP contribution in [0.5, 0.6) is 0 Å². The summed E-state index contributed by atoms with van der Waals surface area (Å²) in [5, 5.41) is 1.60. The number of halogens is 1. The predicted octanol–water partition coefficient (Wildman–Crippen LogP) is 4.19. The first-order valence-corrected chi connectivity index (χ1v) is 9.75. The van der Waals surface area contributed by atoms with Gasteiger partial charge in [0.15, 0.2) is 6.10 Å². The molecule has 3 aromatic carbocycles. The van der Waals surface area contributed by atoms with Crippen LogP contribution in [-0.4, -0.2) is 17.9 Å². The lowest BCUT2D eigenvalue weighted by Gasteiger charge is -2.28. The molecule has 150 valence electrons. The second kappa shape index (κ2) is 7.07. The summed E-state index contributed by atoms with van der Waals surface area (Å²) < 4.78 is 13.5. The molecule has 0 radical (unpaired) electrons. The van der Waals surface area contributed by atoms with Crippen LogP contribution in [0.4, 0.5) is 15.8 Å². The summed E-state index contributed by atoms with van der Waals surface area (Å²) in [4.78, 5) is 33.9. The van der Waals surface area contributed by atoms with E-state index in [1.807, 2.05) is 49.4 Å². The summed E-state index contributed by atoms with van der Waals surface area (Å²) >= 11 is 0. The van der Waals surface area contributed by atoms with Gasteiger partial charge in [-0.1, -0.05) is 48.0 Å². The number of nitrogens with zero attached hydrogens (tertiary/aromatic N) is 2. The normalized spacial score (nSPS) is 23.2. The van der Waals surface area contributed by atoms with Gasteiger partial charge in [-0.3, -0.25) is 14.4 Å². The first-order chi connectivity index (χ1) is 14.5. The van der Waals surface area contributed by atoms with Gasteiger partial charge in [-0.05, 0) is 48.9 Å². The standard InChI is InChI=1S/C24H19FN2O3/c1-15-7-13-18(14-8-15)26-23(28)20-21(16-9-11-17(25)12-10-16)27(30-22(20)24(26)29)19-5-3-2-4-6-19/h2-14,20-22H,1H3. The highest BCUT2D eigenvalue weighted by atomic mass is 19.1. The molecule has 2 aliphatic rings. The molecule has 5 nitrogen and oxygen atoms in total. The minimum absolute atomic E-state index is 0.318. The van der Waals surface area contributed by atoms with Gasteiger partial charge in [0, 0.05) is 0 Å². The van der Waals surface area contributed by atoms with Gasteiger partial charge in [0.05, 0.1) is 17.4 Å². The Bertz CT molecular complexity index is 1100. The Morgan fingerprint density at radius 3 is 2.13 bits per heavy atom. The van der Waals surface area contributed by atoms with Crippen LogP contribution in [-0.2, 0) is 14.4 Å². The van der Waals surface area contributed by atoms with Crippen molar-refractivity contribution in [1.82, 2.24) is 0 Å². The zero-order valence-electron chi connectivity index (χ0n) is 16.2. The number of rotatable bonds is 3. The van der Waals surface area contributed by atoms with Gasteiger partial charge < -0.3 is 0 Å². The zero-order chi connectivity index (χ0) is 20.8. The van der Waals surface area contributed by atoms with Crippen LogP contribution in [0.15, 0.2) is 78.9 Å². The number of aryl methyl sites for hydroxylation is 1. The molecule has 30 heavy (non-hydrogen) atoms. The van der Waals surface area contributed by atoms with Gasteiger partial charge >= 0.3 is 0 Å². The molecule has 0 aromatic heterocycles. The first kappa shape index (κ1) is 18.5. The number of fused-ring (bicyclic) bond motifs is 1. The topological polar surface area (TPSA) is 49.9 Å². The number of hydrogen-bond acceptors (Lipinski definition) is 4. The molecule has 3 atom stereocenters. The van der Waals surface area contributed by atoms with Crippen LogP contribution in [0.2, 0.25) is 0 Å². The Hall–Kier alpha value is -3.51. The number of imide groups is 1. The smallest absolute Gasteiger partial charge is 0.266 e. The Labute approximate surface area is 173 Å². The maximum Gasteiger partial charge on any atom is 0.266 e. The van der Waals surface area contributed by atoms with Crippen molar-refractivity contribution in [2.24, 2.45) is 5.92 Å². The van der Waals surface area contributed by atoms with Crippen molar-refractivity contribution < 1.29 is 18.8 Å². The third-order valence-corrected chi connectivity index (χ3v) is 5.63. The summed E-state index contributed by atoms with van der Waals surface area (Å²) in [5.74, 6) is -1.80. The van der Waals surface area contributed by atoms with Gasteiger partial charge in [-0.2, -0.15) is 0 Å². The van der Waals surface area contributed by atoms with Gasteiger partial charge in [-0.15, -0.1) is 0 Å². The van der Waals surface area contributed by atoms with Crippen LogP contribution in [0.1, 0.15) is 17.2 Å². The van der Waals surface area contributed by atoms with Crippen molar-refractivity contribution in [1.29, 1.82) is 0 Å². The third kappa shape index (κ3) is 2.88. The van der Waals surface area contributed by atoms with Gasteiger partial charge in [-0.25, -0.2) is 14.4 Å². The van der Waals surface area contributed by atoms with Gasteiger partial charge in [0.2, 0.25) is 5.91 Å². The van der Waals surface area contributed by atoms with E-state index < -0.39 is 18.1 Å². The van der Waals surface area contributed by atoms with Crippen LogP contribution in [0, 0.1) is 18.7 Å². The quantitative estimate of drug-likeness (QED) is 0.617. The molecule has 3 unspecified atom stereocenters. The minimum Gasteiger partial charge on any atom is -0.273 e. The lowest BCUT2D eigenvalue weighted by molar-refractivity contribution is -0.126. The molecule has 2 heterocycles. The predicted molar refractivity (Wildman–Crippen MR) is 110 cm³/mol. The molecule has 2 amide bonds. The van der Waals surface area contributed by atoms with E-state index in [0.29, 0.717) is 11.3 Å². The minimum atomic E-state index is -0.936. The fourth-order valence-electron chi connectivity index (χ4n) is 4.16. The van der Waals surface area contributed by atoms with Crippen molar-refractivity contribution in [2.45, 2.75) is 19.1 Å². The van der Waals surface area contributed by atoms with E-state index in [2.05, 4.69) is 0 Å². The Morgan fingerprint density at radius 2 is 1.47 bits per heavy atom.